The number of nitrogens with two attached hydrogens (primary N) is 1. The van der Waals surface area contributed by atoms with E-state index in [1.807, 2.05) is 20.8 Å². The molecule has 162 valence electrons. The highest BCUT2D eigenvalue weighted by Gasteiger charge is 2.36. The van der Waals surface area contributed by atoms with E-state index in [1.165, 1.54) is 0 Å². The summed E-state index contributed by atoms with van der Waals surface area (Å²) in [6, 6.07) is 0. The van der Waals surface area contributed by atoms with E-state index in [-0.39, 0.29) is 23.0 Å². The number of hydrogen-bond acceptors (Lipinski definition) is 5. The van der Waals surface area contributed by atoms with E-state index in [1.54, 1.807) is 20.8 Å². The van der Waals surface area contributed by atoms with Gasteiger partial charge in [-0.05, 0) is 64.2 Å². The molecule has 1 atom stereocenters. The summed E-state index contributed by atoms with van der Waals surface area (Å²) < 4.78 is 34.5. The van der Waals surface area contributed by atoms with Crippen LogP contribution in [0.1, 0.15) is 55.9 Å². The molecule has 8 nitrogen and oxygen atoms in total. The lowest BCUT2D eigenvalue weighted by atomic mass is 9.94. The largest absolute Gasteiger partial charge is 0.487 e. The Balaban J connectivity index is 2.23. The average Bonchev–Trinajstić information content (AvgIpc) is 2.92. The summed E-state index contributed by atoms with van der Waals surface area (Å²) in [5.74, 6) is -0.790. The smallest absolute Gasteiger partial charge is 0.306 e. The molecule has 29 heavy (non-hydrogen) atoms. The normalized spacial score (nSPS) is 16.8. The number of fused-ring (bicyclic) bond motifs is 1. The van der Waals surface area contributed by atoms with Crippen molar-refractivity contribution in [1.29, 1.82) is 0 Å². The van der Waals surface area contributed by atoms with Crippen LogP contribution < -0.4 is 15.2 Å². The lowest BCUT2D eigenvalue weighted by Gasteiger charge is -2.19. The average molecular weight is 426 g/mol. The monoisotopic (exact) mass is 425 g/mol. The SMILES string of the molecule is Cc1c(C)c(S(=O)(=O)NC(N)=NCCC[C@H](C)C(=O)O)c(C)c2c1OC(C)(C)C2. The Bertz CT molecular complexity index is 952. The molecule has 0 saturated carbocycles. The second-order valence-electron chi connectivity index (χ2n) is 8.30. The first-order valence-corrected chi connectivity index (χ1v) is 11.1. The molecule has 9 heteroatoms. The Hall–Kier alpha value is -2.29. The van der Waals surface area contributed by atoms with Gasteiger partial charge in [-0.15, -0.1) is 0 Å². The molecule has 0 amide bonds. The molecular formula is C20H31N3O5S. The Morgan fingerprint density at radius 1 is 1.28 bits per heavy atom. The van der Waals surface area contributed by atoms with Crippen LogP contribution in [0.3, 0.4) is 0 Å². The van der Waals surface area contributed by atoms with Crippen molar-refractivity contribution in [1.82, 2.24) is 4.72 Å². The lowest BCUT2D eigenvalue weighted by Crippen LogP contribution is -2.37. The Labute approximate surface area is 172 Å². The van der Waals surface area contributed by atoms with Crippen LogP contribution >= 0.6 is 0 Å². The van der Waals surface area contributed by atoms with Crippen molar-refractivity contribution in [3.8, 4) is 5.75 Å². The highest BCUT2D eigenvalue weighted by atomic mass is 32.2. The van der Waals surface area contributed by atoms with Crippen molar-refractivity contribution in [2.75, 3.05) is 6.54 Å². The number of nitrogens with one attached hydrogen (secondary N) is 1. The van der Waals surface area contributed by atoms with E-state index in [4.69, 9.17) is 15.6 Å². The van der Waals surface area contributed by atoms with Crippen LogP contribution in [0.25, 0.3) is 0 Å². The molecule has 0 spiro atoms. The molecular weight excluding hydrogens is 394 g/mol. The number of ether oxygens (including phenoxy) is 1. The minimum absolute atomic E-state index is 0.202. The third-order valence-electron chi connectivity index (χ3n) is 5.30. The van der Waals surface area contributed by atoms with Crippen molar-refractivity contribution in [2.24, 2.45) is 16.6 Å². The lowest BCUT2D eigenvalue weighted by molar-refractivity contribution is -0.141. The van der Waals surface area contributed by atoms with Gasteiger partial charge in [0.05, 0.1) is 10.8 Å². The summed E-state index contributed by atoms with van der Waals surface area (Å²) in [5, 5.41) is 8.88. The quantitative estimate of drug-likeness (QED) is 0.349. The summed E-state index contributed by atoms with van der Waals surface area (Å²) in [6.45, 7) is 11.2. The van der Waals surface area contributed by atoms with Gasteiger partial charge in [-0.1, -0.05) is 6.92 Å². The number of carboxylic acids is 1. The fourth-order valence-electron chi connectivity index (χ4n) is 3.59. The zero-order chi connectivity index (χ0) is 22.1. The molecule has 1 heterocycles. The van der Waals surface area contributed by atoms with E-state index in [0.717, 1.165) is 16.9 Å². The summed E-state index contributed by atoms with van der Waals surface area (Å²) in [4.78, 5) is 15.1. The molecule has 1 aliphatic heterocycles. The van der Waals surface area contributed by atoms with E-state index < -0.39 is 21.9 Å². The number of carboxylic acid groups (broad SMARTS) is 1. The highest BCUT2D eigenvalue weighted by Crippen LogP contribution is 2.43. The van der Waals surface area contributed by atoms with Crippen molar-refractivity contribution in [2.45, 2.75) is 71.3 Å². The number of hydrogen-bond donors (Lipinski definition) is 3. The number of guanidine groups is 1. The predicted molar refractivity (Wildman–Crippen MR) is 112 cm³/mol. The first-order chi connectivity index (χ1) is 13.3. The van der Waals surface area contributed by atoms with E-state index >= 15 is 0 Å². The van der Waals surface area contributed by atoms with Gasteiger partial charge in [-0.2, -0.15) is 0 Å². The van der Waals surface area contributed by atoms with E-state index in [2.05, 4.69) is 9.71 Å². The van der Waals surface area contributed by atoms with E-state index in [9.17, 15) is 13.2 Å². The van der Waals surface area contributed by atoms with Gasteiger partial charge in [0.25, 0.3) is 10.0 Å². The third kappa shape index (κ3) is 5.01. The third-order valence-corrected chi connectivity index (χ3v) is 6.93. The van der Waals surface area contributed by atoms with Gasteiger partial charge in [0.2, 0.25) is 5.96 Å². The van der Waals surface area contributed by atoms with Crippen LogP contribution in [0.5, 0.6) is 5.75 Å². The number of sulfonamides is 1. The number of benzene rings is 1. The minimum Gasteiger partial charge on any atom is -0.487 e. The van der Waals surface area contributed by atoms with Crippen molar-refractivity contribution < 1.29 is 23.1 Å². The van der Waals surface area contributed by atoms with Gasteiger partial charge in [0.15, 0.2) is 0 Å². The number of aliphatic carboxylic acids is 1. The van der Waals surface area contributed by atoms with Crippen LogP contribution in [0, 0.1) is 26.7 Å². The molecule has 0 unspecified atom stereocenters. The van der Waals surface area contributed by atoms with Crippen LogP contribution in [0.4, 0.5) is 0 Å². The van der Waals surface area contributed by atoms with Gasteiger partial charge >= 0.3 is 5.97 Å². The number of aliphatic imine (C=N–C) groups is 1. The fourth-order valence-corrected chi connectivity index (χ4v) is 5.11. The molecule has 1 aromatic rings. The second kappa shape index (κ2) is 8.22. The van der Waals surface area contributed by atoms with E-state index in [0.29, 0.717) is 30.4 Å². The van der Waals surface area contributed by atoms with Crippen molar-refractivity contribution in [3.05, 3.63) is 22.3 Å². The Kier molecular flexibility index (Phi) is 6.51. The van der Waals surface area contributed by atoms with Crippen LogP contribution in [0.15, 0.2) is 9.89 Å². The van der Waals surface area contributed by atoms with Gasteiger partial charge in [0, 0.05) is 18.5 Å². The summed E-state index contributed by atoms with van der Waals surface area (Å²) in [5.41, 5.74) is 8.38. The van der Waals surface area contributed by atoms with Gasteiger partial charge in [-0.3, -0.25) is 9.79 Å². The molecule has 1 aliphatic rings. The first kappa shape index (κ1) is 23.0. The maximum Gasteiger partial charge on any atom is 0.306 e. The molecule has 0 aliphatic carbocycles. The van der Waals surface area contributed by atoms with Crippen molar-refractivity contribution in [3.63, 3.8) is 0 Å². The topological polar surface area (TPSA) is 131 Å². The van der Waals surface area contributed by atoms with Crippen LogP contribution in [-0.4, -0.2) is 37.6 Å². The standard InChI is InChI=1S/C20H31N3O5S/c1-11(18(24)25)8-7-9-22-19(21)23-29(26,27)17-13(3)12(2)16-15(14(17)4)10-20(5,6)28-16/h11H,7-10H2,1-6H3,(H,24,25)(H3,21,22,23)/t11-/m0/s1. The first-order valence-electron chi connectivity index (χ1n) is 9.64. The van der Waals surface area contributed by atoms with Gasteiger partial charge in [0.1, 0.15) is 11.4 Å². The molecule has 0 fully saturated rings. The number of rotatable bonds is 7. The predicted octanol–water partition coefficient (Wildman–Crippen LogP) is 2.42. The van der Waals surface area contributed by atoms with Crippen LogP contribution in [-0.2, 0) is 21.2 Å². The summed E-state index contributed by atoms with van der Waals surface area (Å²) >= 11 is 0. The second-order valence-corrected chi connectivity index (χ2v) is 9.92. The zero-order valence-corrected chi connectivity index (χ0v) is 18.7. The Morgan fingerprint density at radius 2 is 1.90 bits per heavy atom. The Morgan fingerprint density at radius 3 is 2.48 bits per heavy atom. The zero-order valence-electron chi connectivity index (χ0n) is 17.9. The maximum absolute atomic E-state index is 13.0. The molecule has 4 N–H and O–H groups in total. The molecule has 0 saturated heterocycles. The molecule has 0 radical (unpaired) electrons. The minimum atomic E-state index is -3.92. The van der Waals surface area contributed by atoms with Gasteiger partial charge in [-0.25, -0.2) is 13.1 Å². The molecule has 0 bridgehead atoms. The van der Waals surface area contributed by atoms with Crippen molar-refractivity contribution >= 4 is 22.0 Å². The van der Waals surface area contributed by atoms with Gasteiger partial charge < -0.3 is 15.6 Å². The fraction of sp³-hybridized carbons (Fsp3) is 0.600. The van der Waals surface area contributed by atoms with Crippen LogP contribution in [0.2, 0.25) is 0 Å². The number of carbonyl (C=O) groups is 1. The molecule has 2 rings (SSSR count). The molecule has 0 aromatic heterocycles. The molecule has 1 aromatic carbocycles. The summed E-state index contributed by atoms with van der Waals surface area (Å²) in [7, 11) is -3.92. The maximum atomic E-state index is 13.0. The number of nitrogens with zero attached hydrogens (tertiary/aromatic N) is 1. The summed E-state index contributed by atoms with van der Waals surface area (Å²) in [6.07, 6.45) is 1.57. The highest BCUT2D eigenvalue weighted by molar-refractivity contribution is 7.90.